The number of aromatic nitrogens is 4. The predicted molar refractivity (Wildman–Crippen MR) is 100 cm³/mol. The topological polar surface area (TPSA) is 57.7 Å². The first kappa shape index (κ1) is 16.0. The summed E-state index contributed by atoms with van der Waals surface area (Å²) in [6.07, 6.45) is 11.2. The molecular weight excluding hydrogens is 310 g/mol. The van der Waals surface area contributed by atoms with Crippen LogP contribution in [0, 0.1) is 12.8 Å². The molecule has 1 aliphatic rings. The summed E-state index contributed by atoms with van der Waals surface area (Å²) < 4.78 is 0. The maximum atomic E-state index is 4.41. The van der Waals surface area contributed by atoms with E-state index in [0.29, 0.717) is 5.92 Å². The van der Waals surface area contributed by atoms with Gasteiger partial charge in [-0.2, -0.15) is 0 Å². The van der Waals surface area contributed by atoms with Gasteiger partial charge >= 0.3 is 0 Å². The number of aromatic amines is 1. The van der Waals surface area contributed by atoms with Crippen LogP contribution >= 0.6 is 0 Å². The van der Waals surface area contributed by atoms with Gasteiger partial charge in [0.25, 0.3) is 0 Å². The summed E-state index contributed by atoms with van der Waals surface area (Å²) in [6.45, 7) is 7.29. The Hall–Kier alpha value is -2.53. The van der Waals surface area contributed by atoms with Crippen molar-refractivity contribution in [1.29, 1.82) is 0 Å². The summed E-state index contributed by atoms with van der Waals surface area (Å²) in [5, 5.41) is 1.20. The van der Waals surface area contributed by atoms with E-state index in [4.69, 9.17) is 0 Å². The lowest BCUT2D eigenvalue weighted by atomic mass is 9.96. The molecule has 0 amide bonds. The Morgan fingerprint density at radius 1 is 1.24 bits per heavy atom. The van der Waals surface area contributed by atoms with E-state index in [1.165, 1.54) is 22.1 Å². The number of pyridine rings is 1. The molecule has 128 valence electrons. The number of nitrogens with zero attached hydrogens (tertiary/aromatic N) is 4. The zero-order valence-corrected chi connectivity index (χ0v) is 14.7. The zero-order chi connectivity index (χ0) is 17.2. The molecule has 3 aromatic rings. The maximum Gasteiger partial charge on any atom is 0.137 e. The van der Waals surface area contributed by atoms with E-state index >= 15 is 0 Å². The first-order chi connectivity index (χ1) is 12.2. The van der Waals surface area contributed by atoms with Gasteiger partial charge in [0.1, 0.15) is 11.5 Å². The summed E-state index contributed by atoms with van der Waals surface area (Å²) in [5.41, 5.74) is 4.82. The Labute approximate surface area is 147 Å². The molecule has 0 fully saturated rings. The van der Waals surface area contributed by atoms with Gasteiger partial charge in [-0.3, -0.25) is 4.90 Å². The average Bonchev–Trinajstić information content (AvgIpc) is 3.05. The Bertz CT molecular complexity index is 894. The van der Waals surface area contributed by atoms with Crippen LogP contribution in [0.3, 0.4) is 0 Å². The second-order valence-electron chi connectivity index (χ2n) is 6.89. The van der Waals surface area contributed by atoms with Crippen molar-refractivity contribution in [2.24, 2.45) is 5.92 Å². The van der Waals surface area contributed by atoms with Crippen molar-refractivity contribution in [2.75, 3.05) is 19.6 Å². The van der Waals surface area contributed by atoms with E-state index in [-0.39, 0.29) is 0 Å². The Morgan fingerprint density at radius 3 is 2.92 bits per heavy atom. The lowest BCUT2D eigenvalue weighted by molar-refractivity contribution is 0.275. The molecule has 1 aliphatic heterocycles. The maximum absolute atomic E-state index is 4.41. The molecule has 0 radical (unpaired) electrons. The van der Waals surface area contributed by atoms with Crippen molar-refractivity contribution in [3.8, 4) is 0 Å². The fraction of sp³-hybridized carbons (Fsp3) is 0.350. The first-order valence-electron chi connectivity index (χ1n) is 8.82. The van der Waals surface area contributed by atoms with Crippen LogP contribution in [-0.2, 0) is 6.42 Å². The van der Waals surface area contributed by atoms with E-state index in [0.717, 1.165) is 37.5 Å². The van der Waals surface area contributed by atoms with Crippen LogP contribution in [0.1, 0.15) is 23.9 Å². The molecule has 1 N–H and O–H groups in total. The van der Waals surface area contributed by atoms with Crippen molar-refractivity contribution < 1.29 is 0 Å². The molecular formula is C20H23N5. The number of hydrogen-bond acceptors (Lipinski definition) is 4. The molecule has 5 heteroatoms. The monoisotopic (exact) mass is 333 g/mol. The van der Waals surface area contributed by atoms with Crippen molar-refractivity contribution in [1.82, 2.24) is 24.8 Å². The van der Waals surface area contributed by atoms with Gasteiger partial charge in [0.15, 0.2) is 0 Å². The average molecular weight is 333 g/mol. The highest BCUT2D eigenvalue weighted by atomic mass is 15.1. The second kappa shape index (κ2) is 6.76. The lowest BCUT2D eigenvalue weighted by Crippen LogP contribution is -2.35. The molecule has 0 aliphatic carbocycles. The number of H-pyrrole nitrogens is 1. The largest absolute Gasteiger partial charge is 0.346 e. The Morgan fingerprint density at radius 2 is 2.08 bits per heavy atom. The summed E-state index contributed by atoms with van der Waals surface area (Å²) >= 11 is 0. The molecule has 3 aromatic heterocycles. The highest BCUT2D eigenvalue weighted by Gasteiger charge is 2.20. The standard InChI is InChI=1S/C20H23N5/c1-14-8-17(19-11-24-20-18(19)4-3-6-21-20)13-25(12-14)7-5-16-9-22-15(2)23-10-16/h3-4,6,8-11,14H,5,7,12-13H2,1-2H3,(H,21,24)/t14-/m1/s1. The Kier molecular flexibility index (Phi) is 4.32. The minimum absolute atomic E-state index is 0.541. The van der Waals surface area contributed by atoms with Crippen molar-refractivity contribution >= 4 is 16.6 Å². The molecule has 0 spiro atoms. The third-order valence-corrected chi connectivity index (χ3v) is 4.77. The fourth-order valence-electron chi connectivity index (χ4n) is 3.56. The quantitative estimate of drug-likeness (QED) is 0.796. The molecule has 0 saturated carbocycles. The van der Waals surface area contributed by atoms with Crippen molar-refractivity contribution in [2.45, 2.75) is 20.3 Å². The molecule has 0 saturated heterocycles. The molecule has 0 bridgehead atoms. The summed E-state index contributed by atoms with van der Waals surface area (Å²) in [5.74, 6) is 1.37. The van der Waals surface area contributed by atoms with Gasteiger partial charge in [0, 0.05) is 55.4 Å². The third kappa shape index (κ3) is 3.46. The number of fused-ring (bicyclic) bond motifs is 1. The molecule has 5 nitrogen and oxygen atoms in total. The van der Waals surface area contributed by atoms with E-state index in [1.807, 2.05) is 31.6 Å². The van der Waals surface area contributed by atoms with Gasteiger partial charge in [-0.1, -0.05) is 13.0 Å². The van der Waals surface area contributed by atoms with E-state index in [1.54, 1.807) is 0 Å². The molecule has 25 heavy (non-hydrogen) atoms. The van der Waals surface area contributed by atoms with Gasteiger partial charge in [-0.25, -0.2) is 15.0 Å². The van der Waals surface area contributed by atoms with Gasteiger partial charge in [0.2, 0.25) is 0 Å². The highest BCUT2D eigenvalue weighted by molar-refractivity contribution is 5.91. The van der Waals surface area contributed by atoms with E-state index in [9.17, 15) is 0 Å². The highest BCUT2D eigenvalue weighted by Crippen LogP contribution is 2.28. The molecule has 1 atom stereocenters. The van der Waals surface area contributed by atoms with Crippen LogP contribution in [0.4, 0.5) is 0 Å². The van der Waals surface area contributed by atoms with Gasteiger partial charge in [0.05, 0.1) is 0 Å². The van der Waals surface area contributed by atoms with Crippen LogP contribution in [-0.4, -0.2) is 44.5 Å². The van der Waals surface area contributed by atoms with Crippen LogP contribution in [0.2, 0.25) is 0 Å². The smallest absolute Gasteiger partial charge is 0.137 e. The SMILES string of the molecule is Cc1ncc(CCN2CC(c3c[nH]c4ncccc34)=C[C@@H](C)C2)cn1. The number of hydrogen-bond donors (Lipinski definition) is 1. The number of rotatable bonds is 4. The van der Waals surface area contributed by atoms with Crippen LogP contribution in [0.5, 0.6) is 0 Å². The minimum Gasteiger partial charge on any atom is -0.346 e. The van der Waals surface area contributed by atoms with Gasteiger partial charge in [-0.05, 0) is 42.5 Å². The predicted octanol–water partition coefficient (Wildman–Crippen LogP) is 3.24. The molecule has 4 heterocycles. The molecule has 0 unspecified atom stereocenters. The van der Waals surface area contributed by atoms with E-state index in [2.05, 4.69) is 50.1 Å². The summed E-state index contributed by atoms with van der Waals surface area (Å²) in [4.78, 5) is 18.8. The van der Waals surface area contributed by atoms with Gasteiger partial charge < -0.3 is 4.98 Å². The minimum atomic E-state index is 0.541. The van der Waals surface area contributed by atoms with Gasteiger partial charge in [-0.15, -0.1) is 0 Å². The number of aryl methyl sites for hydroxylation is 1. The molecule has 0 aromatic carbocycles. The third-order valence-electron chi connectivity index (χ3n) is 4.77. The van der Waals surface area contributed by atoms with E-state index < -0.39 is 0 Å². The normalized spacial score (nSPS) is 18.5. The fourth-order valence-corrected chi connectivity index (χ4v) is 3.56. The summed E-state index contributed by atoms with van der Waals surface area (Å²) in [7, 11) is 0. The lowest BCUT2D eigenvalue weighted by Gasteiger charge is -2.30. The van der Waals surface area contributed by atoms with Crippen molar-refractivity contribution in [3.05, 3.63) is 59.9 Å². The van der Waals surface area contributed by atoms with Crippen LogP contribution in [0.25, 0.3) is 16.6 Å². The Balaban J connectivity index is 1.50. The number of nitrogens with one attached hydrogen (secondary N) is 1. The zero-order valence-electron chi connectivity index (χ0n) is 14.7. The van der Waals surface area contributed by atoms with Crippen LogP contribution in [0.15, 0.2) is 43.0 Å². The second-order valence-corrected chi connectivity index (χ2v) is 6.89. The van der Waals surface area contributed by atoms with Crippen molar-refractivity contribution in [3.63, 3.8) is 0 Å². The molecule has 4 rings (SSSR count). The first-order valence-corrected chi connectivity index (χ1v) is 8.82. The van der Waals surface area contributed by atoms with Crippen LogP contribution < -0.4 is 0 Å². The summed E-state index contributed by atoms with van der Waals surface area (Å²) in [6, 6.07) is 4.14.